The Morgan fingerprint density at radius 3 is 2.31 bits per heavy atom. The molecule has 1 atom stereocenters. The van der Waals surface area contributed by atoms with Crippen molar-refractivity contribution in [2.45, 2.75) is 33.4 Å². The molecule has 3 aromatic carbocycles. The van der Waals surface area contributed by atoms with Gasteiger partial charge in [-0.2, -0.15) is 0 Å². The molecule has 0 radical (unpaired) electrons. The van der Waals surface area contributed by atoms with Gasteiger partial charge in [0.25, 0.3) is 5.56 Å². The standard InChI is InChI=1S/C35H31Cl3N2O8S/c1-5-45-27-16-22(9-12-26(27)47-18-29(41)44-4)31-30(34(43)46-6-2)19(3)39-35-40(31)33(42)28(49-35)15-21-13-24(37)32(25(38)14-21)48-17-20-7-10-23(36)11-8-20/h7-16,31H,5-6,17-18H2,1-4H3/b28-15-/t31-/m1/s1. The number of aromatic nitrogens is 1. The van der Waals surface area contributed by atoms with Gasteiger partial charge in [0.2, 0.25) is 0 Å². The van der Waals surface area contributed by atoms with Gasteiger partial charge >= 0.3 is 11.9 Å². The Bertz CT molecular complexity index is 2090. The lowest BCUT2D eigenvalue weighted by atomic mass is 9.95. The predicted octanol–water partition coefficient (Wildman–Crippen LogP) is 6.29. The summed E-state index contributed by atoms with van der Waals surface area (Å²) in [5, 5.41) is 1.14. The number of benzene rings is 3. The molecule has 0 N–H and O–H groups in total. The van der Waals surface area contributed by atoms with E-state index in [-0.39, 0.29) is 47.8 Å². The van der Waals surface area contributed by atoms with E-state index in [1.165, 1.54) is 11.7 Å². The normalized spacial score (nSPS) is 14.2. The van der Waals surface area contributed by atoms with E-state index in [1.807, 2.05) is 12.1 Å². The van der Waals surface area contributed by atoms with E-state index in [0.717, 1.165) is 16.9 Å². The average Bonchev–Trinajstić information content (AvgIpc) is 3.37. The van der Waals surface area contributed by atoms with Crippen LogP contribution in [-0.2, 0) is 25.7 Å². The molecule has 14 heteroatoms. The first kappa shape index (κ1) is 36.0. The van der Waals surface area contributed by atoms with E-state index in [4.69, 9.17) is 53.8 Å². The summed E-state index contributed by atoms with van der Waals surface area (Å²) < 4.78 is 29.2. The number of rotatable bonds is 12. The van der Waals surface area contributed by atoms with E-state index in [1.54, 1.807) is 69.3 Å². The summed E-state index contributed by atoms with van der Waals surface area (Å²) >= 11 is 20.3. The third kappa shape index (κ3) is 8.13. The van der Waals surface area contributed by atoms with Crippen molar-refractivity contribution in [1.82, 2.24) is 4.57 Å². The topological polar surface area (TPSA) is 115 Å². The SMILES string of the molecule is CCOC(=O)C1=C(C)N=c2s/c(=C\c3cc(Cl)c(OCc4ccc(Cl)cc4)c(Cl)c3)c(=O)n2[C@@H]1c1ccc(OCC(=O)OC)c(OCC)c1. The van der Waals surface area contributed by atoms with Crippen molar-refractivity contribution in [3.8, 4) is 17.2 Å². The molecular weight excluding hydrogens is 715 g/mol. The van der Waals surface area contributed by atoms with Crippen LogP contribution in [0.1, 0.15) is 43.5 Å². The zero-order valence-corrected chi connectivity index (χ0v) is 30.0. The van der Waals surface area contributed by atoms with Crippen LogP contribution in [0.25, 0.3) is 6.08 Å². The van der Waals surface area contributed by atoms with Crippen LogP contribution in [0, 0.1) is 0 Å². The molecule has 0 amide bonds. The highest BCUT2D eigenvalue weighted by atomic mass is 35.5. The molecule has 49 heavy (non-hydrogen) atoms. The Hall–Kier alpha value is -4.29. The minimum atomic E-state index is -0.915. The van der Waals surface area contributed by atoms with Crippen LogP contribution in [-0.4, -0.2) is 43.4 Å². The Morgan fingerprint density at radius 2 is 1.65 bits per heavy atom. The zero-order chi connectivity index (χ0) is 35.2. The van der Waals surface area contributed by atoms with Gasteiger partial charge < -0.3 is 23.7 Å². The largest absolute Gasteiger partial charge is 0.490 e. The fraction of sp³-hybridized carbons (Fsp3) is 0.257. The zero-order valence-electron chi connectivity index (χ0n) is 26.9. The van der Waals surface area contributed by atoms with Gasteiger partial charge in [-0.15, -0.1) is 0 Å². The maximum atomic E-state index is 14.1. The highest BCUT2D eigenvalue weighted by molar-refractivity contribution is 7.07. The molecule has 256 valence electrons. The van der Waals surface area contributed by atoms with Crippen LogP contribution in [0.4, 0.5) is 0 Å². The van der Waals surface area contributed by atoms with E-state index in [0.29, 0.717) is 42.7 Å². The number of hydrogen-bond donors (Lipinski definition) is 0. The number of ether oxygens (including phenoxy) is 5. The summed E-state index contributed by atoms with van der Waals surface area (Å²) in [5.41, 5.74) is 2.16. The number of thiazole rings is 1. The van der Waals surface area contributed by atoms with Crippen molar-refractivity contribution >= 4 is 64.2 Å². The van der Waals surface area contributed by atoms with Gasteiger partial charge in [-0.3, -0.25) is 9.36 Å². The first-order valence-corrected chi connectivity index (χ1v) is 17.0. The molecule has 1 aliphatic rings. The van der Waals surface area contributed by atoms with Gasteiger partial charge in [0.05, 0.1) is 52.2 Å². The molecule has 0 aliphatic carbocycles. The smallest absolute Gasteiger partial charge is 0.343 e. The number of fused-ring (bicyclic) bond motifs is 1. The molecule has 10 nitrogen and oxygen atoms in total. The van der Waals surface area contributed by atoms with Gasteiger partial charge in [0.1, 0.15) is 6.61 Å². The summed E-state index contributed by atoms with van der Waals surface area (Å²) in [5.74, 6) is -0.275. The predicted molar refractivity (Wildman–Crippen MR) is 188 cm³/mol. The second kappa shape index (κ2) is 15.9. The number of allylic oxidation sites excluding steroid dienone is 1. The number of carbonyl (C=O) groups is 2. The van der Waals surface area contributed by atoms with Crippen molar-refractivity contribution in [3.63, 3.8) is 0 Å². The molecular formula is C35H31Cl3N2O8S. The minimum absolute atomic E-state index is 0.123. The maximum Gasteiger partial charge on any atom is 0.343 e. The molecule has 4 aromatic rings. The second-order valence-corrected chi connectivity index (χ2v) is 12.8. The lowest BCUT2D eigenvalue weighted by Crippen LogP contribution is -2.40. The molecule has 2 heterocycles. The number of carbonyl (C=O) groups excluding carboxylic acids is 2. The van der Waals surface area contributed by atoms with Crippen LogP contribution in [0.5, 0.6) is 17.2 Å². The number of esters is 2. The van der Waals surface area contributed by atoms with Gasteiger partial charge in [-0.1, -0.05) is 64.3 Å². The lowest BCUT2D eigenvalue weighted by molar-refractivity contribution is -0.143. The quantitative estimate of drug-likeness (QED) is 0.156. The first-order valence-electron chi connectivity index (χ1n) is 15.1. The van der Waals surface area contributed by atoms with E-state index < -0.39 is 23.5 Å². The summed E-state index contributed by atoms with van der Waals surface area (Å²) in [4.78, 5) is 44.2. The number of methoxy groups -OCH3 is 1. The van der Waals surface area contributed by atoms with Crippen molar-refractivity contribution in [1.29, 1.82) is 0 Å². The van der Waals surface area contributed by atoms with E-state index >= 15 is 0 Å². The summed E-state index contributed by atoms with van der Waals surface area (Å²) in [6.07, 6.45) is 1.65. The van der Waals surface area contributed by atoms with Gasteiger partial charge in [-0.05, 0) is 79.9 Å². The molecule has 1 aromatic heterocycles. The third-order valence-electron chi connectivity index (χ3n) is 7.29. The molecule has 5 rings (SSSR count). The van der Waals surface area contributed by atoms with Gasteiger partial charge in [-0.25, -0.2) is 14.6 Å². The Labute approximate surface area is 300 Å². The van der Waals surface area contributed by atoms with Crippen LogP contribution in [0.15, 0.2) is 75.7 Å². The second-order valence-electron chi connectivity index (χ2n) is 10.5. The molecule has 0 unspecified atom stereocenters. The van der Waals surface area contributed by atoms with Crippen molar-refractivity contribution in [3.05, 3.63) is 117 Å². The molecule has 1 aliphatic heterocycles. The van der Waals surface area contributed by atoms with E-state index in [2.05, 4.69) is 9.73 Å². The number of nitrogens with zero attached hydrogens (tertiary/aromatic N) is 2. The molecule has 0 bridgehead atoms. The summed E-state index contributed by atoms with van der Waals surface area (Å²) in [6, 6.07) is 14.6. The Kier molecular flexibility index (Phi) is 11.7. The highest BCUT2D eigenvalue weighted by Gasteiger charge is 2.34. The molecule has 0 fully saturated rings. The Balaban J connectivity index is 1.56. The number of halogens is 3. The van der Waals surface area contributed by atoms with Crippen molar-refractivity contribution in [2.24, 2.45) is 4.99 Å². The van der Waals surface area contributed by atoms with E-state index in [9.17, 15) is 14.4 Å². The fourth-order valence-corrected chi connectivity index (χ4v) is 6.86. The van der Waals surface area contributed by atoms with Crippen LogP contribution in [0.3, 0.4) is 0 Å². The molecule has 0 spiro atoms. The summed E-state index contributed by atoms with van der Waals surface area (Å²) in [7, 11) is 1.26. The average molecular weight is 746 g/mol. The van der Waals surface area contributed by atoms with Crippen molar-refractivity contribution < 1.29 is 33.3 Å². The van der Waals surface area contributed by atoms with Crippen molar-refractivity contribution in [2.75, 3.05) is 26.9 Å². The first-order chi connectivity index (χ1) is 23.5. The Morgan fingerprint density at radius 1 is 0.939 bits per heavy atom. The lowest BCUT2D eigenvalue weighted by Gasteiger charge is -2.25. The highest BCUT2D eigenvalue weighted by Crippen LogP contribution is 2.37. The van der Waals surface area contributed by atoms with Gasteiger partial charge in [0, 0.05) is 5.02 Å². The van der Waals surface area contributed by atoms with Crippen LogP contribution < -0.4 is 29.1 Å². The monoisotopic (exact) mass is 744 g/mol. The fourth-order valence-electron chi connectivity index (χ4n) is 5.07. The molecule has 0 saturated heterocycles. The van der Waals surface area contributed by atoms with Crippen LogP contribution in [0.2, 0.25) is 15.1 Å². The van der Waals surface area contributed by atoms with Gasteiger partial charge in [0.15, 0.2) is 28.7 Å². The molecule has 0 saturated carbocycles. The summed E-state index contributed by atoms with van der Waals surface area (Å²) in [6.45, 7) is 5.49. The maximum absolute atomic E-state index is 14.1. The third-order valence-corrected chi connectivity index (χ3v) is 9.08. The number of hydrogen-bond acceptors (Lipinski definition) is 10. The van der Waals surface area contributed by atoms with Crippen LogP contribution >= 0.6 is 46.1 Å². The minimum Gasteiger partial charge on any atom is -0.490 e.